The predicted molar refractivity (Wildman–Crippen MR) is 137 cm³/mol. The van der Waals surface area contributed by atoms with E-state index in [4.69, 9.17) is 9.47 Å². The van der Waals surface area contributed by atoms with Gasteiger partial charge in [0.2, 0.25) is 0 Å². The molecular formula is C29H40N2O3. The van der Waals surface area contributed by atoms with Crippen LogP contribution in [-0.2, 0) is 16.6 Å². The van der Waals surface area contributed by atoms with Crippen LogP contribution in [0.3, 0.4) is 0 Å². The van der Waals surface area contributed by atoms with Gasteiger partial charge in [0.05, 0.1) is 30.3 Å². The van der Waals surface area contributed by atoms with Crippen molar-refractivity contribution < 1.29 is 14.3 Å². The zero-order chi connectivity index (χ0) is 25.3. The summed E-state index contributed by atoms with van der Waals surface area (Å²) in [6.45, 7) is 11.8. The van der Waals surface area contributed by atoms with Gasteiger partial charge in [0.15, 0.2) is 0 Å². The fourth-order valence-electron chi connectivity index (χ4n) is 4.36. The number of methoxy groups -OCH3 is 1. The summed E-state index contributed by atoms with van der Waals surface area (Å²) in [4.78, 5) is 14.5. The van der Waals surface area contributed by atoms with Gasteiger partial charge in [-0.3, -0.25) is 0 Å². The molecule has 2 aromatic carbocycles. The number of ether oxygens (including phenoxy) is 2. The second-order valence-electron chi connectivity index (χ2n) is 9.73. The van der Waals surface area contributed by atoms with Crippen molar-refractivity contribution in [1.82, 2.24) is 4.90 Å². The molecule has 0 aromatic heterocycles. The smallest absolute Gasteiger partial charge is 0.338 e. The zero-order valence-corrected chi connectivity index (χ0v) is 21.9. The Morgan fingerprint density at radius 2 is 1.76 bits per heavy atom. The molecule has 0 bridgehead atoms. The quantitative estimate of drug-likeness (QED) is 0.364. The molecule has 0 heterocycles. The summed E-state index contributed by atoms with van der Waals surface area (Å²) in [6.07, 6.45) is 2.50. The summed E-state index contributed by atoms with van der Waals surface area (Å²) in [6, 6.07) is 16.3. The Hall–Kier alpha value is -2.84. The first-order valence-corrected chi connectivity index (χ1v) is 12.2. The van der Waals surface area contributed by atoms with Gasteiger partial charge in [-0.05, 0) is 94.4 Å². The van der Waals surface area contributed by atoms with Gasteiger partial charge in [-0.1, -0.05) is 38.1 Å². The molecule has 0 radical (unpaired) electrons. The molecule has 2 rings (SSSR count). The van der Waals surface area contributed by atoms with E-state index >= 15 is 0 Å². The van der Waals surface area contributed by atoms with Crippen LogP contribution in [0.1, 0.15) is 67.6 Å². The number of aryl methyl sites for hydroxylation is 1. The Morgan fingerprint density at radius 3 is 2.29 bits per heavy atom. The Morgan fingerprint density at radius 1 is 1.09 bits per heavy atom. The molecule has 0 amide bonds. The Balaban J connectivity index is 1.99. The lowest BCUT2D eigenvalue weighted by Gasteiger charge is -2.32. The minimum absolute atomic E-state index is 0.151. The molecule has 0 spiro atoms. The number of nitriles is 1. The number of likely N-dealkylation sites (N-methyl/N-ethyl adjacent to an activating group) is 1. The van der Waals surface area contributed by atoms with Crippen molar-refractivity contribution in [2.24, 2.45) is 5.92 Å². The van der Waals surface area contributed by atoms with E-state index in [9.17, 15) is 10.1 Å². The Kier molecular flexibility index (Phi) is 10.1. The third kappa shape index (κ3) is 7.08. The van der Waals surface area contributed by atoms with Crippen LogP contribution in [0.2, 0.25) is 0 Å². The lowest BCUT2D eigenvalue weighted by molar-refractivity contribution is 0.0378. The van der Waals surface area contributed by atoms with Crippen molar-refractivity contribution in [2.45, 2.75) is 65.4 Å². The molecule has 5 nitrogen and oxygen atoms in total. The first-order chi connectivity index (χ1) is 16.1. The van der Waals surface area contributed by atoms with Gasteiger partial charge < -0.3 is 14.4 Å². The van der Waals surface area contributed by atoms with Crippen molar-refractivity contribution in [3.8, 4) is 11.8 Å². The van der Waals surface area contributed by atoms with E-state index in [2.05, 4.69) is 50.9 Å². The van der Waals surface area contributed by atoms with Gasteiger partial charge >= 0.3 is 5.97 Å². The topological polar surface area (TPSA) is 62.6 Å². The highest BCUT2D eigenvalue weighted by Gasteiger charge is 2.35. The van der Waals surface area contributed by atoms with E-state index in [1.165, 1.54) is 5.56 Å². The largest absolute Gasteiger partial charge is 0.496 e. The number of carbonyl (C=O) groups excluding carboxylic acids is 1. The minimum Gasteiger partial charge on any atom is -0.496 e. The molecule has 0 fully saturated rings. The van der Waals surface area contributed by atoms with E-state index < -0.39 is 5.41 Å². The van der Waals surface area contributed by atoms with Gasteiger partial charge in [-0.15, -0.1) is 0 Å². The Labute approximate surface area is 205 Å². The number of benzene rings is 2. The lowest BCUT2D eigenvalue weighted by Crippen LogP contribution is -2.32. The first-order valence-electron chi connectivity index (χ1n) is 12.2. The van der Waals surface area contributed by atoms with Crippen LogP contribution in [0.4, 0.5) is 0 Å². The average molecular weight is 465 g/mol. The highest BCUT2D eigenvalue weighted by atomic mass is 16.5. The number of rotatable bonds is 12. The molecule has 1 unspecified atom stereocenters. The SMILES string of the molecule is COc1ccc(CCN(C)CCCC(C#N)(c2ccc(C(=O)OC(C)C)cc2)C(C)C)cc1C. The highest BCUT2D eigenvalue weighted by Crippen LogP contribution is 2.36. The summed E-state index contributed by atoms with van der Waals surface area (Å²) < 4.78 is 10.6. The molecule has 0 aliphatic heterocycles. The van der Waals surface area contributed by atoms with Crippen LogP contribution >= 0.6 is 0 Å². The average Bonchev–Trinajstić information content (AvgIpc) is 2.80. The van der Waals surface area contributed by atoms with Crippen LogP contribution in [0.15, 0.2) is 42.5 Å². The molecule has 2 aromatic rings. The molecule has 0 saturated heterocycles. The normalized spacial score (nSPS) is 13.1. The molecule has 1 atom stereocenters. The maximum absolute atomic E-state index is 12.2. The summed E-state index contributed by atoms with van der Waals surface area (Å²) in [5.41, 5.74) is 3.34. The van der Waals surface area contributed by atoms with E-state index in [1.807, 2.05) is 32.0 Å². The number of nitrogens with zero attached hydrogens (tertiary/aromatic N) is 2. The molecule has 34 heavy (non-hydrogen) atoms. The van der Waals surface area contributed by atoms with Gasteiger partial charge in [0, 0.05) is 6.54 Å². The van der Waals surface area contributed by atoms with E-state index in [1.54, 1.807) is 19.2 Å². The fourth-order valence-corrected chi connectivity index (χ4v) is 4.36. The van der Waals surface area contributed by atoms with Gasteiger partial charge in [0.25, 0.3) is 0 Å². The summed E-state index contributed by atoms with van der Waals surface area (Å²) >= 11 is 0. The molecule has 184 valence electrons. The number of esters is 1. The second-order valence-corrected chi connectivity index (χ2v) is 9.73. The van der Waals surface area contributed by atoms with Gasteiger partial charge in [-0.25, -0.2) is 4.79 Å². The zero-order valence-electron chi connectivity index (χ0n) is 21.9. The van der Waals surface area contributed by atoms with Crippen LogP contribution in [0.5, 0.6) is 5.75 Å². The van der Waals surface area contributed by atoms with Crippen LogP contribution in [0, 0.1) is 24.2 Å². The van der Waals surface area contributed by atoms with E-state index in [0.29, 0.717) is 5.56 Å². The lowest BCUT2D eigenvalue weighted by atomic mass is 9.69. The molecular weight excluding hydrogens is 424 g/mol. The second kappa shape index (κ2) is 12.6. The maximum Gasteiger partial charge on any atom is 0.338 e. The molecule has 0 aliphatic carbocycles. The van der Waals surface area contributed by atoms with Crippen molar-refractivity contribution >= 4 is 5.97 Å². The number of hydrogen-bond acceptors (Lipinski definition) is 5. The van der Waals surface area contributed by atoms with Crippen molar-refractivity contribution in [3.05, 3.63) is 64.7 Å². The molecule has 0 N–H and O–H groups in total. The third-order valence-electron chi connectivity index (χ3n) is 6.52. The summed E-state index contributed by atoms with van der Waals surface area (Å²) in [7, 11) is 3.83. The third-order valence-corrected chi connectivity index (χ3v) is 6.52. The number of hydrogen-bond donors (Lipinski definition) is 0. The minimum atomic E-state index is -0.589. The fraction of sp³-hybridized carbons (Fsp3) is 0.517. The van der Waals surface area contributed by atoms with Crippen molar-refractivity contribution in [1.29, 1.82) is 5.26 Å². The van der Waals surface area contributed by atoms with E-state index in [0.717, 1.165) is 49.2 Å². The first kappa shape index (κ1) is 27.4. The van der Waals surface area contributed by atoms with Gasteiger partial charge in [0.1, 0.15) is 5.75 Å². The molecule has 0 aliphatic rings. The van der Waals surface area contributed by atoms with Crippen LogP contribution in [-0.4, -0.2) is 44.2 Å². The monoisotopic (exact) mass is 464 g/mol. The van der Waals surface area contributed by atoms with Gasteiger partial charge in [-0.2, -0.15) is 5.26 Å². The van der Waals surface area contributed by atoms with Crippen LogP contribution in [0.25, 0.3) is 0 Å². The van der Waals surface area contributed by atoms with Crippen LogP contribution < -0.4 is 4.74 Å². The maximum atomic E-state index is 12.2. The highest BCUT2D eigenvalue weighted by molar-refractivity contribution is 5.89. The molecule has 5 heteroatoms. The summed E-state index contributed by atoms with van der Waals surface area (Å²) in [5, 5.41) is 10.2. The van der Waals surface area contributed by atoms with E-state index in [-0.39, 0.29) is 18.0 Å². The Bertz CT molecular complexity index is 976. The number of carbonyl (C=O) groups is 1. The molecule has 0 saturated carbocycles. The van der Waals surface area contributed by atoms with Crippen molar-refractivity contribution in [3.63, 3.8) is 0 Å². The standard InChI is InChI=1S/C29H40N2O3/c1-21(2)29(20-30,26-12-10-25(11-13-26)28(32)34-22(3)4)16-8-17-31(6)18-15-24-9-14-27(33-7)23(5)19-24/h9-14,19,21-22H,8,15-18H2,1-7H3. The summed E-state index contributed by atoms with van der Waals surface area (Å²) in [5.74, 6) is 0.740. The predicted octanol–water partition coefficient (Wildman–Crippen LogP) is 5.94. The van der Waals surface area contributed by atoms with Crippen molar-refractivity contribution in [2.75, 3.05) is 27.2 Å².